The normalized spacial score (nSPS) is 24.3. The van der Waals surface area contributed by atoms with E-state index in [1.165, 1.54) is 19.3 Å². The van der Waals surface area contributed by atoms with Crippen LogP contribution in [0.5, 0.6) is 0 Å². The van der Waals surface area contributed by atoms with Gasteiger partial charge < -0.3 is 20.5 Å². The number of guanidine groups is 1. The number of benzene rings is 1. The minimum absolute atomic E-state index is 0. The fraction of sp³-hybridized carbons (Fsp3) is 0.667. The van der Waals surface area contributed by atoms with Crippen molar-refractivity contribution in [2.75, 3.05) is 19.7 Å². The lowest BCUT2D eigenvalue weighted by atomic mass is 9.51. The van der Waals surface area contributed by atoms with Gasteiger partial charge in [-0.3, -0.25) is 4.99 Å². The summed E-state index contributed by atoms with van der Waals surface area (Å²) in [4.78, 5) is 4.69. The molecule has 5 nitrogen and oxygen atoms in total. The van der Waals surface area contributed by atoms with Gasteiger partial charge in [0.05, 0.1) is 12.2 Å². The number of hydrogen-bond acceptors (Lipinski definition) is 3. The maximum Gasteiger partial charge on any atom is 0.191 e. The van der Waals surface area contributed by atoms with Gasteiger partial charge in [-0.15, -0.1) is 24.0 Å². The van der Waals surface area contributed by atoms with Crippen molar-refractivity contribution >= 4 is 29.9 Å². The van der Waals surface area contributed by atoms with Crippen molar-refractivity contribution in [3.63, 3.8) is 0 Å². The van der Waals surface area contributed by atoms with Crippen molar-refractivity contribution in [2.24, 2.45) is 10.4 Å². The van der Waals surface area contributed by atoms with E-state index < -0.39 is 6.10 Å². The van der Waals surface area contributed by atoms with Crippen LogP contribution in [0.25, 0.3) is 0 Å². The van der Waals surface area contributed by atoms with E-state index in [2.05, 4.69) is 29.5 Å². The number of nitrogens with one attached hydrogen (secondary N) is 2. The van der Waals surface area contributed by atoms with Gasteiger partial charge in [-0.2, -0.15) is 0 Å². The topological polar surface area (TPSA) is 65.9 Å². The zero-order valence-electron chi connectivity index (χ0n) is 16.5. The van der Waals surface area contributed by atoms with Crippen LogP contribution >= 0.6 is 24.0 Å². The number of aliphatic hydroxyl groups excluding tert-OH is 1. The quantitative estimate of drug-likeness (QED) is 0.298. The van der Waals surface area contributed by atoms with Crippen molar-refractivity contribution in [2.45, 2.75) is 64.2 Å². The van der Waals surface area contributed by atoms with Crippen LogP contribution < -0.4 is 10.6 Å². The number of aliphatic hydroxyl groups is 1. The van der Waals surface area contributed by atoms with Gasteiger partial charge in [0.1, 0.15) is 0 Å². The van der Waals surface area contributed by atoms with Gasteiger partial charge in [0, 0.05) is 31.2 Å². The smallest absolute Gasteiger partial charge is 0.191 e. The average molecular weight is 487 g/mol. The molecule has 27 heavy (non-hydrogen) atoms. The van der Waals surface area contributed by atoms with Crippen LogP contribution in [0.2, 0.25) is 0 Å². The zero-order valence-corrected chi connectivity index (χ0v) is 18.8. The molecule has 3 rings (SSSR count). The number of hydrogen-bond donors (Lipinski definition) is 3. The third-order valence-corrected chi connectivity index (χ3v) is 5.95. The fourth-order valence-electron chi connectivity index (χ4n) is 4.27. The summed E-state index contributed by atoms with van der Waals surface area (Å²) < 4.78 is 5.94. The Balaban J connectivity index is 0.00000261. The highest BCUT2D eigenvalue weighted by molar-refractivity contribution is 14.0. The van der Waals surface area contributed by atoms with E-state index in [4.69, 9.17) is 4.74 Å². The highest BCUT2D eigenvalue weighted by Crippen LogP contribution is 2.57. The summed E-state index contributed by atoms with van der Waals surface area (Å²) in [6.45, 7) is 6.39. The van der Waals surface area contributed by atoms with E-state index >= 15 is 0 Å². The molecule has 6 heteroatoms. The second-order valence-electron chi connectivity index (χ2n) is 7.44. The molecular weight excluding hydrogens is 453 g/mol. The predicted molar refractivity (Wildman–Crippen MR) is 121 cm³/mol. The molecule has 0 aliphatic heterocycles. The molecule has 0 amide bonds. The largest absolute Gasteiger partial charge is 0.388 e. The molecular formula is C21H34IN3O2. The summed E-state index contributed by atoms with van der Waals surface area (Å²) in [6, 6.07) is 10.2. The minimum atomic E-state index is -0.466. The van der Waals surface area contributed by atoms with Crippen molar-refractivity contribution in [1.82, 2.24) is 10.6 Å². The van der Waals surface area contributed by atoms with Gasteiger partial charge in [-0.25, -0.2) is 0 Å². The number of halogens is 1. The molecule has 1 aromatic rings. The van der Waals surface area contributed by atoms with Crippen molar-refractivity contribution < 1.29 is 9.84 Å². The molecule has 0 bridgehead atoms. The van der Waals surface area contributed by atoms with Crippen LogP contribution in [-0.2, 0) is 4.74 Å². The Morgan fingerprint density at radius 2 is 2.04 bits per heavy atom. The first-order valence-corrected chi connectivity index (χ1v) is 10.1. The van der Waals surface area contributed by atoms with Gasteiger partial charge >= 0.3 is 0 Å². The lowest BCUT2D eigenvalue weighted by Gasteiger charge is -2.61. The summed E-state index contributed by atoms with van der Waals surface area (Å²) in [6.07, 6.45) is 5.43. The number of aliphatic imine (C=N–C) groups is 1. The number of rotatable bonds is 8. The van der Waals surface area contributed by atoms with Crippen LogP contribution in [0.1, 0.15) is 57.6 Å². The number of nitrogens with zero attached hydrogens (tertiary/aromatic N) is 1. The highest BCUT2D eigenvalue weighted by atomic mass is 127. The molecule has 3 unspecified atom stereocenters. The third kappa shape index (κ3) is 5.15. The summed E-state index contributed by atoms with van der Waals surface area (Å²) in [5.41, 5.74) is 1.27. The highest BCUT2D eigenvalue weighted by Gasteiger charge is 2.59. The molecule has 2 fully saturated rings. The number of ether oxygens (including phenoxy) is 1. The Morgan fingerprint density at radius 1 is 1.30 bits per heavy atom. The standard InChI is InChI=1S/C21H33N3O2.HI/c1-3-22-20(23-14-11-17(25)16-9-6-5-7-10-16)24-18-15-19(26-4-2)21(18)12-8-13-21;/h5-7,9-10,17-19,25H,3-4,8,11-15H2,1-2H3,(H2,22,23,24);1H. The predicted octanol–water partition coefficient (Wildman–Crippen LogP) is 3.63. The first-order chi connectivity index (χ1) is 12.7. The third-order valence-electron chi connectivity index (χ3n) is 5.95. The van der Waals surface area contributed by atoms with Gasteiger partial charge in [0.25, 0.3) is 0 Å². The van der Waals surface area contributed by atoms with Crippen molar-refractivity contribution in [3.05, 3.63) is 35.9 Å². The summed E-state index contributed by atoms with van der Waals surface area (Å²) in [5, 5.41) is 17.3. The van der Waals surface area contributed by atoms with E-state index in [9.17, 15) is 5.11 Å². The van der Waals surface area contributed by atoms with E-state index in [0.29, 0.717) is 30.5 Å². The van der Waals surface area contributed by atoms with Gasteiger partial charge in [-0.05, 0) is 45.1 Å². The van der Waals surface area contributed by atoms with Gasteiger partial charge in [0.2, 0.25) is 0 Å². The average Bonchev–Trinajstić information content (AvgIpc) is 2.60. The van der Waals surface area contributed by atoms with E-state index in [1.807, 2.05) is 30.3 Å². The van der Waals surface area contributed by atoms with Crippen LogP contribution in [-0.4, -0.2) is 42.9 Å². The molecule has 152 valence electrons. The van der Waals surface area contributed by atoms with E-state index in [1.54, 1.807) is 0 Å². The molecule has 0 radical (unpaired) electrons. The molecule has 3 atom stereocenters. The van der Waals surface area contributed by atoms with E-state index in [0.717, 1.165) is 31.1 Å². The molecule has 0 heterocycles. The molecule has 2 aliphatic rings. The summed E-state index contributed by atoms with van der Waals surface area (Å²) >= 11 is 0. The Bertz CT molecular complexity index is 592. The van der Waals surface area contributed by atoms with E-state index in [-0.39, 0.29) is 24.0 Å². The Morgan fingerprint density at radius 3 is 2.63 bits per heavy atom. The lowest BCUT2D eigenvalue weighted by molar-refractivity contribution is -0.168. The minimum Gasteiger partial charge on any atom is -0.388 e. The molecule has 0 saturated heterocycles. The molecule has 1 aromatic carbocycles. The second-order valence-corrected chi connectivity index (χ2v) is 7.44. The zero-order chi connectivity index (χ0) is 18.4. The van der Waals surface area contributed by atoms with Crippen LogP contribution in [0.4, 0.5) is 0 Å². The van der Waals surface area contributed by atoms with Crippen LogP contribution in [0.3, 0.4) is 0 Å². The Kier molecular flexibility index (Phi) is 8.82. The van der Waals surface area contributed by atoms with Crippen LogP contribution in [0.15, 0.2) is 35.3 Å². The van der Waals surface area contributed by atoms with Gasteiger partial charge in [0.15, 0.2) is 5.96 Å². The summed E-state index contributed by atoms with van der Waals surface area (Å²) in [5.74, 6) is 0.860. The monoisotopic (exact) mass is 487 g/mol. The first kappa shape index (κ1) is 22.4. The van der Waals surface area contributed by atoms with Crippen molar-refractivity contribution in [1.29, 1.82) is 0 Å². The SMILES string of the molecule is CCNC(=NCCC(O)c1ccccc1)NC1CC(OCC)C12CCC2.I. The lowest BCUT2D eigenvalue weighted by Crippen LogP contribution is -2.68. The molecule has 2 saturated carbocycles. The second kappa shape index (κ2) is 10.6. The maximum atomic E-state index is 10.3. The molecule has 1 spiro atoms. The molecule has 3 N–H and O–H groups in total. The fourth-order valence-corrected chi connectivity index (χ4v) is 4.27. The molecule has 2 aliphatic carbocycles. The van der Waals surface area contributed by atoms with Gasteiger partial charge in [-0.1, -0.05) is 36.8 Å². The Hall–Kier alpha value is -0.860. The Labute approximate surface area is 180 Å². The molecule has 0 aromatic heterocycles. The van der Waals surface area contributed by atoms with Crippen LogP contribution in [0, 0.1) is 5.41 Å². The maximum absolute atomic E-state index is 10.3. The van der Waals surface area contributed by atoms with Crippen molar-refractivity contribution in [3.8, 4) is 0 Å². The summed E-state index contributed by atoms with van der Waals surface area (Å²) in [7, 11) is 0. The first-order valence-electron chi connectivity index (χ1n) is 10.1.